The number of amides is 1. The van der Waals surface area contributed by atoms with Crippen LogP contribution in [0.2, 0.25) is 0 Å². The Morgan fingerprint density at radius 3 is 2.59 bits per heavy atom. The molecule has 29 heavy (non-hydrogen) atoms. The monoisotopic (exact) mass is 423 g/mol. The highest BCUT2D eigenvalue weighted by Crippen LogP contribution is 2.37. The van der Waals surface area contributed by atoms with Gasteiger partial charge in [-0.1, -0.05) is 31.5 Å². The summed E-state index contributed by atoms with van der Waals surface area (Å²) in [5.74, 6) is -1.16. The van der Waals surface area contributed by atoms with Crippen LogP contribution in [0.25, 0.3) is 0 Å². The molecule has 0 aromatic heterocycles. The fraction of sp³-hybridized carbons (Fsp3) is 0.409. The number of quaternary nitrogens is 1. The minimum atomic E-state index is -0.865. The zero-order chi connectivity index (χ0) is 20.8. The molecule has 1 saturated heterocycles. The van der Waals surface area contributed by atoms with Crippen molar-refractivity contribution in [1.82, 2.24) is 4.90 Å². The molecule has 7 heteroatoms. The van der Waals surface area contributed by atoms with Crippen LogP contribution in [0, 0.1) is 17.5 Å². The van der Waals surface area contributed by atoms with Gasteiger partial charge >= 0.3 is 0 Å². The van der Waals surface area contributed by atoms with Crippen LogP contribution in [0.5, 0.6) is 0 Å². The summed E-state index contributed by atoms with van der Waals surface area (Å²) in [4.78, 5) is 15.9. The van der Waals surface area contributed by atoms with Crippen LogP contribution in [-0.2, 0) is 11.3 Å². The number of rotatable bonds is 8. The molecular weight excluding hydrogens is 397 g/mol. The summed E-state index contributed by atoms with van der Waals surface area (Å²) >= 11 is 1.67. The van der Waals surface area contributed by atoms with E-state index in [9.17, 15) is 18.0 Å². The van der Waals surface area contributed by atoms with Gasteiger partial charge in [0.15, 0.2) is 18.2 Å². The van der Waals surface area contributed by atoms with Gasteiger partial charge in [-0.2, -0.15) is 0 Å². The molecule has 1 unspecified atom stereocenters. The van der Waals surface area contributed by atoms with Gasteiger partial charge in [0.25, 0.3) is 5.91 Å². The van der Waals surface area contributed by atoms with Gasteiger partial charge < -0.3 is 9.80 Å². The largest absolute Gasteiger partial charge is 0.323 e. The smallest absolute Gasteiger partial charge is 0.278 e. The summed E-state index contributed by atoms with van der Waals surface area (Å²) in [6.45, 7) is 4.27. The lowest BCUT2D eigenvalue weighted by atomic mass is 10.1. The number of halogens is 3. The highest BCUT2D eigenvalue weighted by atomic mass is 32.2. The maximum absolute atomic E-state index is 13.6. The molecule has 1 N–H and O–H groups in total. The number of unbranched alkanes of at least 4 members (excludes halogenated alkanes) is 1. The van der Waals surface area contributed by atoms with Crippen LogP contribution >= 0.6 is 11.8 Å². The van der Waals surface area contributed by atoms with Crippen molar-refractivity contribution in [3.8, 4) is 0 Å². The Hall–Kier alpha value is -1.99. The Kier molecular flexibility index (Phi) is 7.61. The zero-order valence-corrected chi connectivity index (χ0v) is 17.3. The minimum absolute atomic E-state index is 0.0259. The Balaban J connectivity index is 1.69. The topological polar surface area (TPSA) is 24.8 Å². The summed E-state index contributed by atoms with van der Waals surface area (Å²) in [5.41, 5.74) is 1.59. The second-order valence-electron chi connectivity index (χ2n) is 7.32. The second kappa shape index (κ2) is 10.2. The van der Waals surface area contributed by atoms with Gasteiger partial charge in [0.2, 0.25) is 0 Å². The highest BCUT2D eigenvalue weighted by molar-refractivity contribution is 7.99. The predicted molar refractivity (Wildman–Crippen MR) is 109 cm³/mol. The molecule has 2 atom stereocenters. The Bertz CT molecular complexity index is 831. The second-order valence-corrected chi connectivity index (χ2v) is 8.51. The average molecular weight is 424 g/mol. The van der Waals surface area contributed by atoms with E-state index in [1.807, 2.05) is 4.90 Å². The first-order valence-electron chi connectivity index (χ1n) is 9.92. The van der Waals surface area contributed by atoms with E-state index in [2.05, 4.69) is 6.92 Å². The van der Waals surface area contributed by atoms with E-state index in [0.29, 0.717) is 18.7 Å². The van der Waals surface area contributed by atoms with E-state index < -0.39 is 11.6 Å². The molecule has 0 bridgehead atoms. The van der Waals surface area contributed by atoms with E-state index in [0.717, 1.165) is 41.7 Å². The van der Waals surface area contributed by atoms with E-state index in [4.69, 9.17) is 0 Å². The van der Waals surface area contributed by atoms with Crippen LogP contribution in [0.3, 0.4) is 0 Å². The maximum atomic E-state index is 13.6. The molecule has 1 aliphatic rings. The number of thioether (sulfide) groups is 1. The molecule has 156 valence electrons. The Morgan fingerprint density at radius 2 is 1.90 bits per heavy atom. The molecule has 1 heterocycles. The lowest BCUT2D eigenvalue weighted by Crippen LogP contribution is -3.12. The van der Waals surface area contributed by atoms with Crippen molar-refractivity contribution in [2.75, 3.05) is 25.4 Å². The molecule has 1 amide bonds. The molecule has 0 spiro atoms. The third-order valence-electron chi connectivity index (χ3n) is 5.09. The first-order chi connectivity index (χ1) is 14.0. The molecule has 0 aliphatic carbocycles. The summed E-state index contributed by atoms with van der Waals surface area (Å²) in [7, 11) is 0. The molecule has 2 aromatic rings. The zero-order valence-electron chi connectivity index (χ0n) is 16.5. The van der Waals surface area contributed by atoms with E-state index in [1.165, 1.54) is 18.2 Å². The van der Waals surface area contributed by atoms with Crippen LogP contribution in [-0.4, -0.2) is 36.2 Å². The number of hydrogen-bond donors (Lipinski definition) is 1. The van der Waals surface area contributed by atoms with Gasteiger partial charge in [-0.05, 0) is 36.2 Å². The molecular formula is C22H26F3N2OS+. The molecule has 3 rings (SSSR count). The van der Waals surface area contributed by atoms with Crippen molar-refractivity contribution in [3.05, 3.63) is 71.0 Å². The Morgan fingerprint density at radius 1 is 1.14 bits per heavy atom. The predicted octanol–water partition coefficient (Wildman–Crippen LogP) is 3.56. The van der Waals surface area contributed by atoms with Crippen molar-refractivity contribution in [2.24, 2.45) is 0 Å². The normalized spacial score (nSPS) is 17.5. The van der Waals surface area contributed by atoms with E-state index in [-0.39, 0.29) is 23.6 Å². The maximum Gasteiger partial charge on any atom is 0.278 e. The van der Waals surface area contributed by atoms with Crippen molar-refractivity contribution in [1.29, 1.82) is 0 Å². The van der Waals surface area contributed by atoms with Gasteiger partial charge in [-0.3, -0.25) is 4.79 Å². The Labute approximate surface area is 173 Å². The summed E-state index contributed by atoms with van der Waals surface area (Å²) in [6.07, 6.45) is 1.94. The first-order valence-corrected chi connectivity index (χ1v) is 11.0. The van der Waals surface area contributed by atoms with Crippen molar-refractivity contribution >= 4 is 17.7 Å². The quantitative estimate of drug-likeness (QED) is 0.702. The molecule has 2 aromatic carbocycles. The van der Waals surface area contributed by atoms with Gasteiger partial charge in [-0.15, -0.1) is 11.8 Å². The number of carbonyl (C=O) groups is 1. The number of carbonyl (C=O) groups excluding carboxylic acids is 1. The van der Waals surface area contributed by atoms with Gasteiger partial charge in [0.1, 0.15) is 17.7 Å². The van der Waals surface area contributed by atoms with Gasteiger partial charge in [-0.25, -0.2) is 13.2 Å². The molecule has 1 aliphatic heterocycles. The summed E-state index contributed by atoms with van der Waals surface area (Å²) in [6, 6.07) is 10.2. The minimum Gasteiger partial charge on any atom is -0.323 e. The highest BCUT2D eigenvalue weighted by Gasteiger charge is 2.32. The van der Waals surface area contributed by atoms with Crippen LogP contribution in [0.15, 0.2) is 42.5 Å². The lowest BCUT2D eigenvalue weighted by molar-refractivity contribution is -0.906. The van der Waals surface area contributed by atoms with Crippen molar-refractivity contribution in [3.63, 3.8) is 0 Å². The van der Waals surface area contributed by atoms with Crippen LogP contribution in [0.4, 0.5) is 13.2 Å². The van der Waals surface area contributed by atoms with Gasteiger partial charge in [0.05, 0.1) is 6.54 Å². The molecule has 3 nitrogen and oxygen atoms in total. The molecule has 1 fully saturated rings. The van der Waals surface area contributed by atoms with E-state index >= 15 is 0 Å². The fourth-order valence-corrected chi connectivity index (χ4v) is 4.83. The van der Waals surface area contributed by atoms with Gasteiger partial charge in [0, 0.05) is 17.9 Å². The molecule has 0 saturated carbocycles. The van der Waals surface area contributed by atoms with Crippen molar-refractivity contribution in [2.45, 2.75) is 31.7 Å². The lowest BCUT2D eigenvalue weighted by Gasteiger charge is -2.27. The van der Waals surface area contributed by atoms with E-state index in [1.54, 1.807) is 30.0 Å². The number of nitrogens with zero attached hydrogens (tertiary/aromatic N) is 1. The number of hydrogen-bond acceptors (Lipinski definition) is 2. The number of nitrogens with one attached hydrogen (secondary N) is 1. The standard InChI is InChI=1S/C22H25F3N2OS/c1-2-3-10-26(14-16-4-9-19(24)20(25)13-16)15-21(28)27-11-12-29-22(27)17-5-7-18(23)8-6-17/h4-9,13,22H,2-3,10-12,14-15H2,1H3/p+1/t22-/m0/s1. The summed E-state index contributed by atoms with van der Waals surface area (Å²) < 4.78 is 40.0. The van der Waals surface area contributed by atoms with Crippen LogP contribution < -0.4 is 4.90 Å². The number of benzene rings is 2. The average Bonchev–Trinajstić information content (AvgIpc) is 3.19. The van der Waals surface area contributed by atoms with Crippen LogP contribution in [0.1, 0.15) is 36.3 Å². The third-order valence-corrected chi connectivity index (χ3v) is 6.35. The fourth-order valence-electron chi connectivity index (χ4n) is 3.55. The third kappa shape index (κ3) is 5.76. The SMILES string of the molecule is CCCC[NH+](CC(=O)N1CCS[C@H]1c1ccc(F)cc1)Cc1ccc(F)c(F)c1. The molecule has 0 radical (unpaired) electrons. The van der Waals surface area contributed by atoms with Crippen molar-refractivity contribution < 1.29 is 22.9 Å². The summed E-state index contributed by atoms with van der Waals surface area (Å²) in [5, 5.41) is -0.112. The first kappa shape index (κ1) is 21.7.